The molecule has 0 radical (unpaired) electrons. The summed E-state index contributed by atoms with van der Waals surface area (Å²) in [5.74, 6) is 0.780. The molecule has 1 N–H and O–H groups in total. The van der Waals surface area contributed by atoms with Gasteiger partial charge in [-0.15, -0.1) is 0 Å². The number of nitrogens with one attached hydrogen (secondary N) is 1. The van der Waals surface area contributed by atoms with Crippen LogP contribution >= 0.6 is 0 Å². The van der Waals surface area contributed by atoms with E-state index in [0.29, 0.717) is 0 Å². The maximum absolute atomic E-state index is 3.48. The zero-order valence-corrected chi connectivity index (χ0v) is 11.8. The van der Waals surface area contributed by atoms with E-state index in [4.69, 9.17) is 0 Å². The van der Waals surface area contributed by atoms with Crippen molar-refractivity contribution in [3.63, 3.8) is 0 Å². The van der Waals surface area contributed by atoms with Gasteiger partial charge in [-0.05, 0) is 62.4 Å². The maximum Gasteiger partial charge on any atom is -0.00175 e. The van der Waals surface area contributed by atoms with E-state index in [1.54, 1.807) is 0 Å². The fraction of sp³-hybridized carbons (Fsp3) is 0.625. The zero-order valence-electron chi connectivity index (χ0n) is 11.8. The Morgan fingerprint density at radius 2 is 1.88 bits per heavy atom. The zero-order chi connectivity index (χ0) is 12.7. The smallest absolute Gasteiger partial charge is 0.00175 e. The average molecular weight is 233 g/mol. The molecule has 17 heavy (non-hydrogen) atoms. The maximum atomic E-state index is 3.48. The van der Waals surface area contributed by atoms with E-state index >= 15 is 0 Å². The van der Waals surface area contributed by atoms with E-state index in [-0.39, 0.29) is 0 Å². The van der Waals surface area contributed by atoms with Crippen molar-refractivity contribution in [1.82, 2.24) is 5.32 Å². The molecule has 1 nitrogen and oxygen atoms in total. The van der Waals surface area contributed by atoms with Gasteiger partial charge in [-0.25, -0.2) is 0 Å². The summed E-state index contributed by atoms with van der Waals surface area (Å²) in [6.07, 6.45) is 3.81. The molecule has 1 aromatic carbocycles. The number of rotatable bonds is 7. The van der Waals surface area contributed by atoms with Gasteiger partial charge in [0.15, 0.2) is 0 Å². The van der Waals surface area contributed by atoms with Crippen LogP contribution in [0.5, 0.6) is 0 Å². The van der Waals surface area contributed by atoms with Gasteiger partial charge in [-0.3, -0.25) is 0 Å². The third kappa shape index (κ3) is 4.91. The predicted octanol–water partition coefficient (Wildman–Crippen LogP) is 3.87. The molecule has 0 fully saturated rings. The summed E-state index contributed by atoms with van der Waals surface area (Å²) < 4.78 is 0. The fourth-order valence-electron chi connectivity index (χ4n) is 2.30. The fourth-order valence-corrected chi connectivity index (χ4v) is 2.30. The summed E-state index contributed by atoms with van der Waals surface area (Å²) >= 11 is 0. The predicted molar refractivity (Wildman–Crippen MR) is 76.6 cm³/mol. The Balaban J connectivity index is 2.61. The van der Waals surface area contributed by atoms with Gasteiger partial charge in [0, 0.05) is 0 Å². The number of hydrogen-bond donors (Lipinski definition) is 1. The van der Waals surface area contributed by atoms with Crippen molar-refractivity contribution in [2.45, 2.75) is 47.0 Å². The number of hydrogen-bond acceptors (Lipinski definition) is 1. The van der Waals surface area contributed by atoms with Gasteiger partial charge in [-0.2, -0.15) is 0 Å². The molecular formula is C16H27N. The van der Waals surface area contributed by atoms with Crippen molar-refractivity contribution < 1.29 is 0 Å². The normalized spacial score (nSPS) is 12.7. The van der Waals surface area contributed by atoms with Crippen molar-refractivity contribution in [1.29, 1.82) is 0 Å². The van der Waals surface area contributed by atoms with Crippen molar-refractivity contribution in [3.8, 4) is 0 Å². The van der Waals surface area contributed by atoms with Gasteiger partial charge in [0.05, 0.1) is 0 Å². The molecule has 0 aliphatic heterocycles. The molecule has 96 valence electrons. The summed E-state index contributed by atoms with van der Waals surface area (Å²) in [6.45, 7) is 11.1. The standard InChI is InChI=1S/C16H27N/c1-5-7-16(12-17-6-2)11-15-9-8-13(3)14(4)10-15/h8-10,16-17H,5-7,11-12H2,1-4H3. The van der Waals surface area contributed by atoms with E-state index < -0.39 is 0 Å². The monoisotopic (exact) mass is 233 g/mol. The largest absolute Gasteiger partial charge is 0.317 e. The molecule has 0 aliphatic carbocycles. The molecule has 0 bridgehead atoms. The molecule has 0 saturated carbocycles. The average Bonchev–Trinajstić information content (AvgIpc) is 2.31. The van der Waals surface area contributed by atoms with E-state index in [0.717, 1.165) is 19.0 Å². The summed E-state index contributed by atoms with van der Waals surface area (Å²) in [7, 11) is 0. The molecule has 0 saturated heterocycles. The van der Waals surface area contributed by atoms with Crippen LogP contribution in [0.2, 0.25) is 0 Å². The third-order valence-corrected chi connectivity index (χ3v) is 3.48. The Bertz CT molecular complexity index is 330. The van der Waals surface area contributed by atoms with Gasteiger partial charge in [0.1, 0.15) is 0 Å². The molecule has 1 unspecified atom stereocenters. The second-order valence-electron chi connectivity index (χ2n) is 5.09. The first-order valence-electron chi connectivity index (χ1n) is 6.94. The molecule has 0 aliphatic rings. The van der Waals surface area contributed by atoms with Crippen LogP contribution in [0.25, 0.3) is 0 Å². The first-order chi connectivity index (χ1) is 8.17. The Morgan fingerprint density at radius 3 is 2.47 bits per heavy atom. The lowest BCUT2D eigenvalue weighted by atomic mass is 9.93. The highest BCUT2D eigenvalue weighted by molar-refractivity contribution is 5.30. The lowest BCUT2D eigenvalue weighted by Crippen LogP contribution is -2.24. The van der Waals surface area contributed by atoms with Gasteiger partial charge >= 0.3 is 0 Å². The molecule has 1 aromatic rings. The highest BCUT2D eigenvalue weighted by Gasteiger charge is 2.08. The first kappa shape index (κ1) is 14.2. The van der Waals surface area contributed by atoms with Gasteiger partial charge in [-0.1, -0.05) is 38.5 Å². The molecule has 0 spiro atoms. The molecular weight excluding hydrogens is 206 g/mol. The minimum absolute atomic E-state index is 0.780. The third-order valence-electron chi connectivity index (χ3n) is 3.48. The second-order valence-corrected chi connectivity index (χ2v) is 5.09. The van der Waals surface area contributed by atoms with E-state index in [2.05, 4.69) is 51.2 Å². The van der Waals surface area contributed by atoms with Crippen molar-refractivity contribution in [2.75, 3.05) is 13.1 Å². The Kier molecular flexibility index (Phi) is 6.28. The van der Waals surface area contributed by atoms with Crippen molar-refractivity contribution in [3.05, 3.63) is 34.9 Å². The number of benzene rings is 1. The van der Waals surface area contributed by atoms with Gasteiger partial charge in [0.2, 0.25) is 0 Å². The summed E-state index contributed by atoms with van der Waals surface area (Å²) in [6, 6.07) is 6.89. The quantitative estimate of drug-likeness (QED) is 0.754. The molecule has 0 aromatic heterocycles. The topological polar surface area (TPSA) is 12.0 Å². The van der Waals surface area contributed by atoms with Crippen LogP contribution in [-0.4, -0.2) is 13.1 Å². The van der Waals surface area contributed by atoms with Crippen molar-refractivity contribution >= 4 is 0 Å². The van der Waals surface area contributed by atoms with E-state index in [1.807, 2.05) is 0 Å². The van der Waals surface area contributed by atoms with E-state index in [1.165, 1.54) is 36.0 Å². The summed E-state index contributed by atoms with van der Waals surface area (Å²) in [5.41, 5.74) is 4.30. The highest BCUT2D eigenvalue weighted by atomic mass is 14.8. The summed E-state index contributed by atoms with van der Waals surface area (Å²) in [5, 5.41) is 3.48. The first-order valence-corrected chi connectivity index (χ1v) is 6.94. The van der Waals surface area contributed by atoms with E-state index in [9.17, 15) is 0 Å². The van der Waals surface area contributed by atoms with Crippen LogP contribution in [0.4, 0.5) is 0 Å². The highest BCUT2D eigenvalue weighted by Crippen LogP contribution is 2.16. The molecule has 0 amide bonds. The molecule has 1 rings (SSSR count). The van der Waals surface area contributed by atoms with Crippen LogP contribution < -0.4 is 5.32 Å². The lowest BCUT2D eigenvalue weighted by Gasteiger charge is -2.17. The molecule has 0 heterocycles. The van der Waals surface area contributed by atoms with Gasteiger partial charge in [0.25, 0.3) is 0 Å². The Hall–Kier alpha value is -0.820. The summed E-state index contributed by atoms with van der Waals surface area (Å²) in [4.78, 5) is 0. The van der Waals surface area contributed by atoms with Crippen LogP contribution in [0.3, 0.4) is 0 Å². The lowest BCUT2D eigenvalue weighted by molar-refractivity contribution is 0.444. The molecule has 1 atom stereocenters. The minimum Gasteiger partial charge on any atom is -0.317 e. The minimum atomic E-state index is 0.780. The van der Waals surface area contributed by atoms with Crippen LogP contribution in [0.1, 0.15) is 43.4 Å². The molecule has 1 heteroatoms. The van der Waals surface area contributed by atoms with Crippen LogP contribution in [0, 0.1) is 19.8 Å². The number of aryl methyl sites for hydroxylation is 2. The van der Waals surface area contributed by atoms with Crippen molar-refractivity contribution in [2.24, 2.45) is 5.92 Å². The van der Waals surface area contributed by atoms with Crippen LogP contribution in [-0.2, 0) is 6.42 Å². The Morgan fingerprint density at radius 1 is 1.12 bits per heavy atom. The second kappa shape index (κ2) is 7.50. The van der Waals surface area contributed by atoms with Crippen LogP contribution in [0.15, 0.2) is 18.2 Å². The van der Waals surface area contributed by atoms with Gasteiger partial charge < -0.3 is 5.32 Å². The SMILES string of the molecule is CCCC(CNCC)Cc1ccc(C)c(C)c1. The Labute approximate surface area is 107 Å².